The molecule has 0 saturated carbocycles. The van der Waals surface area contributed by atoms with Crippen LogP contribution in [0.25, 0.3) is 0 Å². The molecule has 0 aromatic carbocycles. The first-order chi connectivity index (χ1) is 14.6. The Labute approximate surface area is 194 Å². The Morgan fingerprint density at radius 2 is 1.94 bits per heavy atom. The Morgan fingerprint density at radius 3 is 2.52 bits per heavy atom. The highest BCUT2D eigenvalue weighted by atomic mass is 32.3. The maximum absolute atomic E-state index is 6.78. The molecule has 2 heterocycles. The topological polar surface area (TPSA) is 38.0 Å². The van der Waals surface area contributed by atoms with Crippen LogP contribution in [-0.4, -0.2) is 41.8 Å². The molecule has 0 aromatic heterocycles. The Morgan fingerprint density at radius 1 is 1.26 bits per heavy atom. The lowest BCUT2D eigenvalue weighted by atomic mass is 9.76. The van der Waals surface area contributed by atoms with Crippen molar-refractivity contribution in [3.05, 3.63) is 34.3 Å². The molecule has 0 bridgehead atoms. The maximum atomic E-state index is 6.78. The number of nitrogens with one attached hydrogen (secondary N) is 1. The standard InChI is InChI=1S/C28H52N2S/c1-9-15-30-16-13-14-27-24(18-23(6)26(29)19-28(7,11-3)12-4)21-31(27,8)20-22(5)17-25(31)10-2/h13-14,17,20,23,25-26,30H,9-12,15-16,18-19,21,29H2,1-8H3/b14-13+. The van der Waals surface area contributed by atoms with Crippen LogP contribution in [0.4, 0.5) is 0 Å². The zero-order valence-corrected chi connectivity index (χ0v) is 22.7. The summed E-state index contributed by atoms with van der Waals surface area (Å²) in [7, 11) is -1.68. The fourth-order valence-electron chi connectivity index (χ4n) is 5.88. The van der Waals surface area contributed by atoms with Crippen molar-refractivity contribution < 1.29 is 0 Å². The lowest BCUT2D eigenvalue weighted by Crippen LogP contribution is -2.38. The normalized spacial score (nSPS) is 25.6. The second-order valence-corrected chi connectivity index (χ2v) is 16.3. The quantitative estimate of drug-likeness (QED) is 0.238. The first-order valence-electron chi connectivity index (χ1n) is 12.8. The number of allylic oxidation sites excluding steroid dienone is 2. The Bertz CT molecular complexity index is 781. The van der Waals surface area contributed by atoms with Crippen LogP contribution < -0.4 is 11.1 Å². The number of hydrogen-bond donors (Lipinski definition) is 2. The maximum Gasteiger partial charge on any atom is 0.0138 e. The van der Waals surface area contributed by atoms with Crippen LogP contribution in [0.1, 0.15) is 87.0 Å². The van der Waals surface area contributed by atoms with Crippen molar-refractivity contribution in [1.82, 2.24) is 5.32 Å². The third-order valence-corrected chi connectivity index (χ3v) is 14.4. The molecule has 3 unspecified atom stereocenters. The van der Waals surface area contributed by atoms with Gasteiger partial charge in [-0.15, -0.1) is 0 Å². The van der Waals surface area contributed by atoms with Gasteiger partial charge in [-0.3, -0.25) is 0 Å². The van der Waals surface area contributed by atoms with E-state index < -0.39 is 8.75 Å². The van der Waals surface area contributed by atoms with Crippen LogP contribution in [0.3, 0.4) is 0 Å². The number of rotatable bonds is 13. The molecule has 0 saturated heterocycles. The summed E-state index contributed by atoms with van der Waals surface area (Å²) < 4.78 is 0. The summed E-state index contributed by atoms with van der Waals surface area (Å²) in [6.07, 6.45) is 17.2. The molecule has 2 rings (SSSR count). The van der Waals surface area contributed by atoms with Crippen molar-refractivity contribution in [1.29, 1.82) is 0 Å². The smallest absolute Gasteiger partial charge is 0.0138 e. The van der Waals surface area contributed by atoms with Crippen molar-refractivity contribution in [3.8, 4) is 0 Å². The van der Waals surface area contributed by atoms with Crippen molar-refractivity contribution in [2.45, 2.75) is 98.3 Å². The van der Waals surface area contributed by atoms with Crippen LogP contribution in [0.2, 0.25) is 0 Å². The molecule has 2 aliphatic heterocycles. The van der Waals surface area contributed by atoms with Gasteiger partial charge in [0.1, 0.15) is 0 Å². The molecular formula is C28H52N2S. The van der Waals surface area contributed by atoms with Gasteiger partial charge in [-0.2, -0.15) is 0 Å². The second kappa shape index (κ2) is 10.5. The summed E-state index contributed by atoms with van der Waals surface area (Å²) in [5, 5.41) is 6.93. The van der Waals surface area contributed by atoms with Gasteiger partial charge in [0.25, 0.3) is 0 Å². The molecule has 0 radical (unpaired) electrons. The highest BCUT2D eigenvalue weighted by Crippen LogP contribution is 2.77. The van der Waals surface area contributed by atoms with Crippen LogP contribution >= 0.6 is 8.75 Å². The second-order valence-electron chi connectivity index (χ2n) is 11.1. The van der Waals surface area contributed by atoms with Crippen molar-refractivity contribution in [2.75, 3.05) is 25.1 Å². The van der Waals surface area contributed by atoms with E-state index in [4.69, 9.17) is 5.73 Å². The van der Waals surface area contributed by atoms with Gasteiger partial charge >= 0.3 is 0 Å². The van der Waals surface area contributed by atoms with Gasteiger partial charge in [0, 0.05) is 23.6 Å². The van der Waals surface area contributed by atoms with Gasteiger partial charge < -0.3 is 11.1 Å². The van der Waals surface area contributed by atoms with Crippen LogP contribution in [-0.2, 0) is 0 Å². The van der Waals surface area contributed by atoms with E-state index >= 15 is 0 Å². The van der Waals surface area contributed by atoms with Gasteiger partial charge in [-0.1, -0.05) is 72.6 Å². The Hall–Kier alpha value is -0.640. The fourth-order valence-corrected chi connectivity index (χ4v) is 12.0. The number of hydrogen-bond acceptors (Lipinski definition) is 2. The molecule has 1 spiro atoms. The summed E-state index contributed by atoms with van der Waals surface area (Å²) in [4.78, 5) is 1.68. The largest absolute Gasteiger partial charge is 0.327 e. The molecule has 0 fully saturated rings. The van der Waals surface area contributed by atoms with E-state index in [-0.39, 0.29) is 6.04 Å². The van der Waals surface area contributed by atoms with Crippen LogP contribution in [0.5, 0.6) is 0 Å². The zero-order chi connectivity index (χ0) is 23.3. The minimum absolute atomic E-state index is 0.283. The molecule has 3 atom stereocenters. The molecule has 3 heteroatoms. The summed E-state index contributed by atoms with van der Waals surface area (Å²) >= 11 is 0. The molecule has 2 aliphatic rings. The van der Waals surface area contributed by atoms with E-state index in [2.05, 4.69) is 83.6 Å². The third-order valence-electron chi connectivity index (χ3n) is 8.44. The van der Waals surface area contributed by atoms with Crippen molar-refractivity contribution >= 4 is 14.1 Å². The van der Waals surface area contributed by atoms with E-state index in [9.17, 15) is 0 Å². The van der Waals surface area contributed by atoms with Gasteiger partial charge in [-0.25, -0.2) is 8.75 Å². The SMILES string of the molecule is CCCNC/C=C/C1=C(CC(C)C(N)CC(C)(CC)CC)CS12(C)=CC(C)=CC2CC. The molecule has 180 valence electrons. The molecule has 31 heavy (non-hydrogen) atoms. The summed E-state index contributed by atoms with van der Waals surface area (Å²) in [5.74, 6) is 1.83. The lowest BCUT2D eigenvalue weighted by molar-refractivity contribution is 0.224. The molecular weight excluding hydrogens is 396 g/mol. The summed E-state index contributed by atoms with van der Waals surface area (Å²) in [5.41, 5.74) is 10.3. The minimum Gasteiger partial charge on any atom is -0.327 e. The average molecular weight is 449 g/mol. The van der Waals surface area contributed by atoms with E-state index in [1.165, 1.54) is 37.0 Å². The monoisotopic (exact) mass is 448 g/mol. The van der Waals surface area contributed by atoms with Gasteiger partial charge in [0.05, 0.1) is 0 Å². The van der Waals surface area contributed by atoms with E-state index in [0.29, 0.717) is 16.6 Å². The minimum atomic E-state index is -1.68. The molecule has 0 aliphatic carbocycles. The third kappa shape index (κ3) is 5.47. The fraction of sp³-hybridized carbons (Fsp3) is 0.750. The van der Waals surface area contributed by atoms with Crippen LogP contribution in [0.15, 0.2) is 34.3 Å². The highest BCUT2D eigenvalue weighted by molar-refractivity contribution is 8.51. The van der Waals surface area contributed by atoms with Gasteiger partial charge in [0.15, 0.2) is 0 Å². The Balaban J connectivity index is 2.28. The van der Waals surface area contributed by atoms with E-state index in [0.717, 1.165) is 25.9 Å². The first kappa shape index (κ1) is 26.6. The van der Waals surface area contributed by atoms with Gasteiger partial charge in [-0.05, 0) is 78.2 Å². The van der Waals surface area contributed by atoms with E-state index in [1.807, 2.05) is 0 Å². The van der Waals surface area contributed by atoms with E-state index in [1.54, 1.807) is 10.5 Å². The lowest BCUT2D eigenvalue weighted by Gasteiger charge is -2.59. The molecule has 0 amide bonds. The predicted octanol–water partition coefficient (Wildman–Crippen LogP) is 6.89. The van der Waals surface area contributed by atoms with Crippen molar-refractivity contribution in [2.24, 2.45) is 17.1 Å². The first-order valence-corrected chi connectivity index (χ1v) is 15.6. The highest BCUT2D eigenvalue weighted by Gasteiger charge is 2.48. The predicted molar refractivity (Wildman–Crippen MR) is 147 cm³/mol. The zero-order valence-electron chi connectivity index (χ0n) is 21.9. The summed E-state index contributed by atoms with van der Waals surface area (Å²) in [6, 6.07) is 0.283. The summed E-state index contributed by atoms with van der Waals surface area (Å²) in [6.45, 7) is 18.4. The average Bonchev–Trinajstić information content (AvgIpc) is 3.02. The Kier molecular flexibility index (Phi) is 9.04. The molecule has 3 N–H and O–H groups in total. The molecule has 2 nitrogen and oxygen atoms in total. The van der Waals surface area contributed by atoms with Crippen molar-refractivity contribution in [3.63, 3.8) is 0 Å². The molecule has 0 aromatic rings. The van der Waals surface area contributed by atoms with Gasteiger partial charge in [0.2, 0.25) is 0 Å². The number of nitrogens with two attached hydrogens (primary N) is 1. The van der Waals surface area contributed by atoms with Crippen LogP contribution in [0, 0.1) is 11.3 Å².